The van der Waals surface area contributed by atoms with Gasteiger partial charge in [-0.3, -0.25) is 0 Å². The molecule has 0 aliphatic carbocycles. The number of aryl methyl sites for hydroxylation is 1. The fourth-order valence-corrected chi connectivity index (χ4v) is 3.26. The number of benzene rings is 2. The van der Waals surface area contributed by atoms with Crippen LogP contribution in [0, 0.1) is 12.7 Å². The number of anilines is 1. The van der Waals surface area contributed by atoms with Crippen LogP contribution >= 0.6 is 11.6 Å². The van der Waals surface area contributed by atoms with Gasteiger partial charge in [0.25, 0.3) is 0 Å². The van der Waals surface area contributed by atoms with Crippen molar-refractivity contribution in [3.63, 3.8) is 0 Å². The Balaban J connectivity index is 2.30. The molecule has 21 heavy (non-hydrogen) atoms. The first-order valence-electron chi connectivity index (χ1n) is 6.26. The average Bonchev–Trinajstić information content (AvgIpc) is 2.40. The SMILES string of the molecule is Cc1cc(NCc2c(Cl)cccc2S(C)(=O)=O)ccc1F. The number of nitrogens with one attached hydrogen (secondary N) is 1. The van der Waals surface area contributed by atoms with Crippen molar-refractivity contribution < 1.29 is 12.8 Å². The van der Waals surface area contributed by atoms with Crippen molar-refractivity contribution >= 4 is 27.1 Å². The number of hydrogen-bond donors (Lipinski definition) is 1. The molecule has 0 unspecified atom stereocenters. The number of sulfone groups is 1. The molecule has 2 rings (SSSR count). The molecule has 0 bridgehead atoms. The predicted molar refractivity (Wildman–Crippen MR) is 83.0 cm³/mol. The van der Waals surface area contributed by atoms with E-state index in [9.17, 15) is 12.8 Å². The number of halogens is 2. The van der Waals surface area contributed by atoms with Gasteiger partial charge >= 0.3 is 0 Å². The van der Waals surface area contributed by atoms with Crippen molar-refractivity contribution in [2.45, 2.75) is 18.4 Å². The molecule has 0 aliphatic rings. The van der Waals surface area contributed by atoms with Crippen molar-refractivity contribution in [2.24, 2.45) is 0 Å². The summed E-state index contributed by atoms with van der Waals surface area (Å²) in [6.45, 7) is 1.91. The largest absolute Gasteiger partial charge is 0.381 e. The molecule has 2 aromatic rings. The maximum Gasteiger partial charge on any atom is 0.175 e. The quantitative estimate of drug-likeness (QED) is 0.929. The Bertz CT molecular complexity index is 775. The van der Waals surface area contributed by atoms with Gasteiger partial charge in [-0.05, 0) is 42.8 Å². The summed E-state index contributed by atoms with van der Waals surface area (Å²) in [5, 5.41) is 3.45. The van der Waals surface area contributed by atoms with E-state index in [-0.39, 0.29) is 17.3 Å². The summed E-state index contributed by atoms with van der Waals surface area (Å²) in [5.74, 6) is -0.282. The molecule has 0 amide bonds. The first kappa shape index (κ1) is 15.8. The van der Waals surface area contributed by atoms with Crippen LogP contribution in [0.15, 0.2) is 41.3 Å². The van der Waals surface area contributed by atoms with E-state index in [1.165, 1.54) is 12.1 Å². The summed E-state index contributed by atoms with van der Waals surface area (Å²) in [6, 6.07) is 9.38. The lowest BCUT2D eigenvalue weighted by Gasteiger charge is -2.12. The van der Waals surface area contributed by atoms with E-state index in [1.54, 1.807) is 31.2 Å². The fourth-order valence-electron chi connectivity index (χ4n) is 2.00. The van der Waals surface area contributed by atoms with Gasteiger partial charge in [-0.2, -0.15) is 0 Å². The summed E-state index contributed by atoms with van der Waals surface area (Å²) in [5.41, 5.74) is 1.72. The van der Waals surface area contributed by atoms with Crippen LogP contribution < -0.4 is 5.32 Å². The smallest absolute Gasteiger partial charge is 0.175 e. The molecule has 0 spiro atoms. The zero-order valence-corrected chi connectivity index (χ0v) is 13.2. The molecule has 1 N–H and O–H groups in total. The third kappa shape index (κ3) is 3.74. The Labute approximate surface area is 128 Å². The second-order valence-electron chi connectivity index (χ2n) is 4.81. The van der Waals surface area contributed by atoms with Gasteiger partial charge in [0.15, 0.2) is 9.84 Å². The molecule has 3 nitrogen and oxygen atoms in total. The van der Waals surface area contributed by atoms with Crippen molar-refractivity contribution in [3.8, 4) is 0 Å². The van der Waals surface area contributed by atoms with Gasteiger partial charge in [-0.25, -0.2) is 12.8 Å². The van der Waals surface area contributed by atoms with Gasteiger partial charge in [-0.15, -0.1) is 0 Å². The molecule has 0 radical (unpaired) electrons. The highest BCUT2D eigenvalue weighted by atomic mass is 35.5. The van der Waals surface area contributed by atoms with Crippen LogP contribution in [0.25, 0.3) is 0 Å². The van der Waals surface area contributed by atoms with Crippen LogP contribution in [-0.4, -0.2) is 14.7 Å². The van der Waals surface area contributed by atoms with Crippen LogP contribution in [0.3, 0.4) is 0 Å². The standard InChI is InChI=1S/C15H15ClFNO2S/c1-10-8-11(6-7-14(10)17)18-9-12-13(16)4-3-5-15(12)21(2,19)20/h3-8,18H,9H2,1-2H3. The lowest BCUT2D eigenvalue weighted by Crippen LogP contribution is -2.08. The van der Waals surface area contributed by atoms with Crippen LogP contribution in [0.1, 0.15) is 11.1 Å². The molecular formula is C15H15ClFNO2S. The van der Waals surface area contributed by atoms with E-state index in [1.807, 2.05) is 0 Å². The summed E-state index contributed by atoms with van der Waals surface area (Å²) in [6.07, 6.45) is 1.14. The number of rotatable bonds is 4. The minimum atomic E-state index is -3.36. The van der Waals surface area contributed by atoms with Gasteiger partial charge in [0.2, 0.25) is 0 Å². The lowest BCUT2D eigenvalue weighted by molar-refractivity contribution is 0.601. The second kappa shape index (κ2) is 6.03. The number of hydrogen-bond acceptors (Lipinski definition) is 3. The normalized spacial score (nSPS) is 11.4. The Hall–Kier alpha value is -1.59. The molecule has 0 aromatic heterocycles. The Kier molecular flexibility index (Phi) is 4.54. The molecular weight excluding hydrogens is 313 g/mol. The minimum absolute atomic E-state index is 0.196. The third-order valence-electron chi connectivity index (χ3n) is 3.10. The fraction of sp³-hybridized carbons (Fsp3) is 0.200. The Morgan fingerprint density at radius 1 is 1.24 bits per heavy atom. The van der Waals surface area contributed by atoms with E-state index in [4.69, 9.17) is 11.6 Å². The lowest BCUT2D eigenvalue weighted by atomic mass is 10.2. The van der Waals surface area contributed by atoms with Crippen LogP contribution in [0.5, 0.6) is 0 Å². The average molecular weight is 328 g/mol. The maximum atomic E-state index is 13.2. The van der Waals surface area contributed by atoms with Gasteiger partial charge in [0.05, 0.1) is 4.90 Å². The highest BCUT2D eigenvalue weighted by Gasteiger charge is 2.15. The minimum Gasteiger partial charge on any atom is -0.381 e. The van der Waals surface area contributed by atoms with E-state index < -0.39 is 9.84 Å². The molecule has 112 valence electrons. The summed E-state index contributed by atoms with van der Waals surface area (Å²) < 4.78 is 36.8. The zero-order valence-electron chi connectivity index (χ0n) is 11.7. The van der Waals surface area contributed by atoms with Crippen LogP contribution in [-0.2, 0) is 16.4 Å². The molecule has 0 aliphatic heterocycles. The predicted octanol–water partition coefficient (Wildman–Crippen LogP) is 3.80. The zero-order chi connectivity index (χ0) is 15.6. The molecule has 6 heteroatoms. The summed E-state index contributed by atoms with van der Waals surface area (Å²) in [4.78, 5) is 0.196. The first-order chi connectivity index (χ1) is 9.79. The van der Waals surface area contributed by atoms with Crippen LogP contribution in [0.2, 0.25) is 5.02 Å². The highest BCUT2D eigenvalue weighted by Crippen LogP contribution is 2.25. The second-order valence-corrected chi connectivity index (χ2v) is 7.20. The Morgan fingerprint density at radius 3 is 2.57 bits per heavy atom. The van der Waals surface area contributed by atoms with Gasteiger partial charge in [0.1, 0.15) is 5.82 Å². The Morgan fingerprint density at radius 2 is 1.95 bits per heavy atom. The van der Waals surface area contributed by atoms with Crippen LogP contribution in [0.4, 0.5) is 10.1 Å². The topological polar surface area (TPSA) is 46.2 Å². The van der Waals surface area contributed by atoms with Gasteiger partial charge < -0.3 is 5.32 Å². The molecule has 2 aromatic carbocycles. The molecule has 0 atom stereocenters. The maximum absolute atomic E-state index is 13.2. The van der Waals surface area contributed by atoms with Crippen molar-refractivity contribution in [3.05, 3.63) is 58.4 Å². The summed E-state index contributed by atoms with van der Waals surface area (Å²) in [7, 11) is -3.36. The molecule has 0 saturated heterocycles. The van der Waals surface area contributed by atoms with Crippen molar-refractivity contribution in [1.29, 1.82) is 0 Å². The highest BCUT2D eigenvalue weighted by molar-refractivity contribution is 7.90. The van der Waals surface area contributed by atoms with Crippen molar-refractivity contribution in [2.75, 3.05) is 11.6 Å². The van der Waals surface area contributed by atoms with Gasteiger partial charge in [-0.1, -0.05) is 17.7 Å². The molecule has 0 saturated carbocycles. The first-order valence-corrected chi connectivity index (χ1v) is 8.53. The summed E-state index contributed by atoms with van der Waals surface area (Å²) >= 11 is 6.09. The van der Waals surface area contributed by atoms with E-state index >= 15 is 0 Å². The van der Waals surface area contributed by atoms with Gasteiger partial charge in [0, 0.05) is 29.1 Å². The van der Waals surface area contributed by atoms with Crippen molar-refractivity contribution in [1.82, 2.24) is 0 Å². The van der Waals surface area contributed by atoms with E-state index in [0.717, 1.165) is 6.26 Å². The van der Waals surface area contributed by atoms with E-state index in [0.29, 0.717) is 21.8 Å². The molecule has 0 heterocycles. The monoisotopic (exact) mass is 327 g/mol. The van der Waals surface area contributed by atoms with E-state index in [2.05, 4.69) is 5.32 Å². The third-order valence-corrected chi connectivity index (χ3v) is 4.64. The molecule has 0 fully saturated rings.